The number of pyridine rings is 1. The van der Waals surface area contributed by atoms with Crippen LogP contribution in [0.3, 0.4) is 0 Å². The third-order valence-electron chi connectivity index (χ3n) is 8.92. The smallest absolute Gasteiger partial charge is 0.339 e. The predicted octanol–water partition coefficient (Wildman–Crippen LogP) is 8.76. The molecule has 2 heterocycles. The number of anilines is 2. The average Bonchev–Trinajstić information content (AvgIpc) is 3.49. The number of aromatic nitrogens is 1. The maximum Gasteiger partial charge on any atom is 0.339 e. The fourth-order valence-electron chi connectivity index (χ4n) is 6.60. The Labute approximate surface area is 293 Å². The molecule has 5 aromatic rings. The summed E-state index contributed by atoms with van der Waals surface area (Å²) in [6.07, 6.45) is 8.03. The van der Waals surface area contributed by atoms with Crippen molar-refractivity contribution in [3.05, 3.63) is 116 Å². The van der Waals surface area contributed by atoms with E-state index in [4.69, 9.17) is 26.1 Å². The Morgan fingerprint density at radius 3 is 2.41 bits per heavy atom. The fraction of sp³-hybridized carbons (Fsp3) is 0.231. The number of carbonyl (C=O) groups is 3. The van der Waals surface area contributed by atoms with Crippen molar-refractivity contribution >= 4 is 74.0 Å². The van der Waals surface area contributed by atoms with Gasteiger partial charge in [-0.1, -0.05) is 41.9 Å². The monoisotopic (exact) mass is 691 g/mol. The number of amides is 2. The van der Waals surface area contributed by atoms with Crippen LogP contribution in [0.15, 0.2) is 72.8 Å². The number of halogens is 1. The first-order valence-corrected chi connectivity index (χ1v) is 17.5. The van der Waals surface area contributed by atoms with E-state index in [9.17, 15) is 14.4 Å². The van der Waals surface area contributed by atoms with E-state index in [0.29, 0.717) is 44.2 Å². The number of benzene rings is 3. The highest BCUT2D eigenvalue weighted by atomic mass is 35.5. The molecule has 3 aromatic carbocycles. The van der Waals surface area contributed by atoms with Crippen LogP contribution in [0.2, 0.25) is 5.02 Å². The topological polar surface area (TPSA) is 107 Å². The van der Waals surface area contributed by atoms with Crippen molar-refractivity contribution < 1.29 is 23.9 Å². The van der Waals surface area contributed by atoms with Gasteiger partial charge in [0.05, 0.1) is 29.4 Å². The number of hydrogen-bond donors (Lipinski definition) is 2. The second-order valence-corrected chi connectivity index (χ2v) is 13.7. The van der Waals surface area contributed by atoms with Crippen LogP contribution >= 0.6 is 22.9 Å². The van der Waals surface area contributed by atoms with E-state index >= 15 is 0 Å². The van der Waals surface area contributed by atoms with E-state index in [1.54, 1.807) is 31.4 Å². The van der Waals surface area contributed by atoms with E-state index in [1.165, 1.54) is 11.3 Å². The Morgan fingerprint density at radius 2 is 1.61 bits per heavy atom. The molecule has 7 rings (SSSR count). The lowest BCUT2D eigenvalue weighted by molar-refractivity contribution is -0.119. The van der Waals surface area contributed by atoms with Gasteiger partial charge in [0, 0.05) is 21.0 Å². The molecule has 0 bridgehead atoms. The predicted molar refractivity (Wildman–Crippen MR) is 195 cm³/mol. The van der Waals surface area contributed by atoms with Crippen LogP contribution in [-0.2, 0) is 28.8 Å². The molecule has 0 aliphatic heterocycles. The highest BCUT2D eigenvalue weighted by molar-refractivity contribution is 7.17. The molecule has 2 aromatic heterocycles. The van der Waals surface area contributed by atoms with E-state index < -0.39 is 18.5 Å². The van der Waals surface area contributed by atoms with Gasteiger partial charge in [0.25, 0.3) is 11.8 Å². The number of fused-ring (bicyclic) bond motifs is 3. The summed E-state index contributed by atoms with van der Waals surface area (Å²) in [5.41, 5.74) is 6.78. The van der Waals surface area contributed by atoms with Crippen LogP contribution in [0.25, 0.3) is 22.6 Å². The summed E-state index contributed by atoms with van der Waals surface area (Å²) in [6.45, 7) is -0.500. The molecule has 0 unspecified atom stereocenters. The minimum Gasteiger partial charge on any atom is -0.497 e. The molecule has 2 aliphatic rings. The zero-order valence-electron chi connectivity index (χ0n) is 26.9. The van der Waals surface area contributed by atoms with Gasteiger partial charge in [-0.05, 0) is 116 Å². The number of hydrogen-bond acceptors (Lipinski definition) is 7. The first-order chi connectivity index (χ1) is 23.9. The van der Waals surface area contributed by atoms with Crippen molar-refractivity contribution in [2.75, 3.05) is 24.4 Å². The van der Waals surface area contributed by atoms with Gasteiger partial charge >= 0.3 is 5.97 Å². The van der Waals surface area contributed by atoms with E-state index in [1.807, 2.05) is 48.5 Å². The Balaban J connectivity index is 1.13. The number of aryl methyl sites for hydroxylation is 1. The molecule has 2 aliphatic carbocycles. The van der Waals surface area contributed by atoms with Gasteiger partial charge in [-0.3, -0.25) is 9.59 Å². The second kappa shape index (κ2) is 14.2. The lowest BCUT2D eigenvalue weighted by atomic mass is 9.86. The van der Waals surface area contributed by atoms with Crippen molar-refractivity contribution in [3.63, 3.8) is 0 Å². The third-order valence-corrected chi connectivity index (χ3v) is 10.4. The largest absolute Gasteiger partial charge is 0.497 e. The molecule has 49 heavy (non-hydrogen) atoms. The van der Waals surface area contributed by atoms with Crippen molar-refractivity contribution in [2.24, 2.45) is 0 Å². The van der Waals surface area contributed by atoms with E-state index in [2.05, 4.69) is 16.7 Å². The molecular weight excluding hydrogens is 658 g/mol. The van der Waals surface area contributed by atoms with Crippen LogP contribution in [0.1, 0.15) is 73.7 Å². The van der Waals surface area contributed by atoms with Gasteiger partial charge in [-0.25, -0.2) is 9.78 Å². The number of carbonyl (C=O) groups excluding carboxylic acids is 3. The first kappa shape index (κ1) is 32.6. The van der Waals surface area contributed by atoms with Gasteiger partial charge < -0.3 is 20.1 Å². The zero-order chi connectivity index (χ0) is 33.9. The summed E-state index contributed by atoms with van der Waals surface area (Å²) >= 11 is 7.43. The molecule has 0 fully saturated rings. The highest BCUT2D eigenvalue weighted by Crippen LogP contribution is 2.39. The first-order valence-electron chi connectivity index (χ1n) is 16.3. The molecule has 10 heteroatoms. The molecule has 2 amide bonds. The van der Waals surface area contributed by atoms with Crippen LogP contribution in [-0.4, -0.2) is 36.5 Å². The highest BCUT2D eigenvalue weighted by Gasteiger charge is 2.29. The molecule has 248 valence electrons. The molecular formula is C39H34ClN3O5S. The Morgan fingerprint density at radius 1 is 0.857 bits per heavy atom. The van der Waals surface area contributed by atoms with Crippen molar-refractivity contribution in [1.29, 1.82) is 0 Å². The normalized spacial score (nSPS) is 14.5. The number of nitrogens with one attached hydrogen (secondary N) is 2. The van der Waals surface area contributed by atoms with Gasteiger partial charge in [0.1, 0.15) is 10.8 Å². The maximum absolute atomic E-state index is 13.9. The van der Waals surface area contributed by atoms with Crippen LogP contribution < -0.4 is 15.4 Å². The third kappa shape index (κ3) is 6.95. The number of thiophene rings is 1. The minimum absolute atomic E-state index is 0.303. The van der Waals surface area contributed by atoms with Gasteiger partial charge in [0.15, 0.2) is 6.61 Å². The van der Waals surface area contributed by atoms with Crippen molar-refractivity contribution in [2.45, 2.75) is 44.9 Å². The standard InChI is InChI=1S/C39H34ClN3O5S/c1-47-27-19-13-23(14-20-27)21-24-7-6-10-30-34(28-8-2-4-11-31(28)42-36(24)30)39(46)48-22-33(44)43-38-35(29-9-3-5-12-32(29)49-38)37(45)41-26-17-15-25(40)16-18-26/h2,4,8,11,13-21H,3,5-7,9-10,12,22H2,1H3,(H,41,45)(H,43,44). The van der Waals surface area contributed by atoms with E-state index in [0.717, 1.165) is 77.1 Å². The molecule has 0 atom stereocenters. The summed E-state index contributed by atoms with van der Waals surface area (Å²) in [5, 5.41) is 7.53. The molecule has 0 radical (unpaired) electrons. The quantitative estimate of drug-likeness (QED) is 0.158. The fourth-order valence-corrected chi connectivity index (χ4v) is 8.03. The second-order valence-electron chi connectivity index (χ2n) is 12.1. The lowest BCUT2D eigenvalue weighted by Crippen LogP contribution is -2.24. The van der Waals surface area contributed by atoms with Gasteiger partial charge in [-0.2, -0.15) is 0 Å². The lowest BCUT2D eigenvalue weighted by Gasteiger charge is -2.22. The molecule has 8 nitrogen and oxygen atoms in total. The summed E-state index contributed by atoms with van der Waals surface area (Å²) in [7, 11) is 1.64. The van der Waals surface area contributed by atoms with E-state index in [-0.39, 0.29) is 5.91 Å². The number of nitrogens with zero attached hydrogens (tertiary/aromatic N) is 1. The Bertz CT molecular complexity index is 2100. The maximum atomic E-state index is 13.9. The van der Waals surface area contributed by atoms with Crippen molar-refractivity contribution in [3.8, 4) is 5.75 Å². The summed E-state index contributed by atoms with van der Waals surface area (Å²) in [5.74, 6) is -0.621. The number of esters is 1. The van der Waals surface area contributed by atoms with Crippen molar-refractivity contribution in [1.82, 2.24) is 4.98 Å². The van der Waals surface area contributed by atoms with Crippen LogP contribution in [0.5, 0.6) is 5.75 Å². The molecule has 0 saturated carbocycles. The number of methoxy groups -OCH3 is 1. The molecule has 0 saturated heterocycles. The summed E-state index contributed by atoms with van der Waals surface area (Å²) < 4.78 is 11.0. The van der Waals surface area contributed by atoms with Gasteiger partial charge in [-0.15, -0.1) is 11.3 Å². The van der Waals surface area contributed by atoms with Crippen LogP contribution in [0.4, 0.5) is 10.7 Å². The summed E-state index contributed by atoms with van der Waals surface area (Å²) in [4.78, 5) is 46.8. The summed E-state index contributed by atoms with van der Waals surface area (Å²) in [6, 6.07) is 22.2. The zero-order valence-corrected chi connectivity index (χ0v) is 28.5. The number of para-hydroxylation sites is 1. The molecule has 0 spiro atoms. The van der Waals surface area contributed by atoms with Gasteiger partial charge in [0.2, 0.25) is 0 Å². The molecule has 2 N–H and O–H groups in total. The number of allylic oxidation sites excluding steroid dienone is 1. The SMILES string of the molecule is COc1ccc(C=C2CCCc3c2nc2ccccc2c3C(=O)OCC(=O)Nc2sc3c(c2C(=O)Nc2ccc(Cl)cc2)CCCC3)cc1. The Hall–Kier alpha value is -4.99. The van der Waals surface area contributed by atoms with Crippen LogP contribution in [0, 0.1) is 0 Å². The Kier molecular flexibility index (Phi) is 9.46. The minimum atomic E-state index is -0.582. The number of rotatable bonds is 8. The number of ether oxygens (including phenoxy) is 2. The average molecular weight is 692 g/mol.